The highest BCUT2D eigenvalue weighted by Gasteiger charge is 2.59. The van der Waals surface area contributed by atoms with E-state index in [1.165, 1.54) is 64.2 Å². The molecule has 4 saturated carbocycles. The van der Waals surface area contributed by atoms with Crippen LogP contribution < -0.4 is 0 Å². The Balaban J connectivity index is 1.62. The van der Waals surface area contributed by atoms with E-state index in [4.69, 9.17) is 0 Å². The highest BCUT2D eigenvalue weighted by Crippen LogP contribution is 2.67. The maximum Gasteiger partial charge on any atom is 0.0576 e. The number of oxime groups is 1. The van der Waals surface area contributed by atoms with E-state index < -0.39 is 0 Å². The topological polar surface area (TPSA) is 32.6 Å². The quantitative estimate of drug-likeness (QED) is 0.365. The molecule has 4 fully saturated rings. The molecule has 2 nitrogen and oxygen atoms in total. The molecule has 0 aromatic rings. The molecule has 0 heterocycles. The first-order valence-corrected chi connectivity index (χ1v) is 10.2. The third-order valence-electron chi connectivity index (χ3n) is 9.25. The van der Waals surface area contributed by atoms with Crippen molar-refractivity contribution in [2.24, 2.45) is 45.6 Å². The summed E-state index contributed by atoms with van der Waals surface area (Å²) in [7, 11) is 0. The van der Waals surface area contributed by atoms with Gasteiger partial charge in [-0.25, -0.2) is 0 Å². The molecule has 0 aromatic carbocycles. The van der Waals surface area contributed by atoms with Crippen molar-refractivity contribution in [1.29, 1.82) is 0 Å². The third-order valence-corrected chi connectivity index (χ3v) is 9.25. The summed E-state index contributed by atoms with van der Waals surface area (Å²) in [6.45, 7) is 7.22. The molecule has 0 bridgehead atoms. The van der Waals surface area contributed by atoms with Crippen molar-refractivity contribution in [3.8, 4) is 0 Å². The van der Waals surface area contributed by atoms with Gasteiger partial charge < -0.3 is 5.21 Å². The molecule has 0 saturated heterocycles. The van der Waals surface area contributed by atoms with Crippen LogP contribution in [0.1, 0.15) is 85.0 Å². The van der Waals surface area contributed by atoms with E-state index in [-0.39, 0.29) is 0 Å². The Morgan fingerprint density at radius 3 is 2.43 bits per heavy atom. The average Bonchev–Trinajstić information content (AvgIpc) is 2.91. The van der Waals surface area contributed by atoms with Gasteiger partial charge >= 0.3 is 0 Å². The average molecular weight is 318 g/mol. The lowest BCUT2D eigenvalue weighted by Gasteiger charge is -2.60. The number of hydrogen-bond donors (Lipinski definition) is 1. The zero-order valence-corrected chi connectivity index (χ0v) is 15.4. The molecular weight excluding hydrogens is 282 g/mol. The predicted octanol–water partition coefficient (Wildman–Crippen LogP) is 5.89. The molecule has 0 spiro atoms. The number of nitrogens with zero attached hydrogens (tertiary/aromatic N) is 1. The Morgan fingerprint density at radius 1 is 0.870 bits per heavy atom. The fraction of sp³-hybridized carbons (Fsp3) is 0.952. The number of hydrogen-bond acceptors (Lipinski definition) is 2. The Labute approximate surface area is 142 Å². The van der Waals surface area contributed by atoms with E-state index >= 15 is 0 Å². The molecule has 0 aromatic heterocycles. The van der Waals surface area contributed by atoms with Crippen molar-refractivity contribution in [3.05, 3.63) is 0 Å². The maximum atomic E-state index is 9.32. The van der Waals surface area contributed by atoms with E-state index in [0.29, 0.717) is 16.7 Å². The van der Waals surface area contributed by atoms with E-state index in [9.17, 15) is 5.21 Å². The number of rotatable bonds is 1. The molecule has 0 unspecified atom stereocenters. The zero-order valence-electron chi connectivity index (χ0n) is 15.4. The van der Waals surface area contributed by atoms with Crippen molar-refractivity contribution >= 4 is 5.71 Å². The molecule has 7 atom stereocenters. The van der Waals surface area contributed by atoms with Crippen molar-refractivity contribution in [3.63, 3.8) is 0 Å². The highest BCUT2D eigenvalue weighted by atomic mass is 16.4. The minimum absolute atomic E-state index is 0.398. The van der Waals surface area contributed by atoms with Gasteiger partial charge in [-0.15, -0.1) is 0 Å². The summed E-state index contributed by atoms with van der Waals surface area (Å²) in [6, 6.07) is 0. The lowest BCUT2D eigenvalue weighted by molar-refractivity contribution is -0.106. The maximum absolute atomic E-state index is 9.32. The SMILES string of the molecule is CC(=NO)[C@H]1CC[C@H]2[C@@H]3CC[C@H]4CCCC[C@]4(C)[C@H]3CC[C@]12C. The largest absolute Gasteiger partial charge is 0.411 e. The first-order valence-electron chi connectivity index (χ1n) is 10.2. The normalized spacial score (nSPS) is 53.3. The Kier molecular flexibility index (Phi) is 3.81. The Hall–Kier alpha value is -0.530. The number of fused-ring (bicyclic) bond motifs is 5. The summed E-state index contributed by atoms with van der Waals surface area (Å²) in [5, 5.41) is 12.9. The van der Waals surface area contributed by atoms with Crippen LogP contribution in [0, 0.1) is 40.4 Å². The molecule has 0 aliphatic heterocycles. The second-order valence-electron chi connectivity index (χ2n) is 9.82. The molecular formula is C21H35NO. The minimum atomic E-state index is 0.398. The van der Waals surface area contributed by atoms with Gasteiger partial charge in [0.1, 0.15) is 0 Å². The Morgan fingerprint density at radius 2 is 1.65 bits per heavy atom. The first kappa shape index (κ1) is 16.0. The summed E-state index contributed by atoms with van der Waals surface area (Å²) >= 11 is 0. The second kappa shape index (κ2) is 5.49. The van der Waals surface area contributed by atoms with Crippen molar-refractivity contribution in [1.82, 2.24) is 0 Å². The van der Waals surface area contributed by atoms with E-state index in [0.717, 1.165) is 29.4 Å². The van der Waals surface area contributed by atoms with Crippen molar-refractivity contribution < 1.29 is 5.21 Å². The fourth-order valence-corrected chi connectivity index (χ4v) is 8.05. The van der Waals surface area contributed by atoms with E-state index in [1.807, 2.05) is 6.92 Å². The first-order chi connectivity index (χ1) is 11.0. The van der Waals surface area contributed by atoms with Crippen LogP contribution in [0.4, 0.5) is 0 Å². The summed E-state index contributed by atoms with van der Waals surface area (Å²) in [5.41, 5.74) is 2.03. The van der Waals surface area contributed by atoms with Crippen molar-refractivity contribution in [2.75, 3.05) is 0 Å². The van der Waals surface area contributed by atoms with Crippen LogP contribution >= 0.6 is 0 Å². The highest BCUT2D eigenvalue weighted by molar-refractivity contribution is 5.84. The van der Waals surface area contributed by atoms with Crippen molar-refractivity contribution in [2.45, 2.75) is 85.0 Å². The van der Waals surface area contributed by atoms with Gasteiger partial charge in [0.05, 0.1) is 5.71 Å². The molecule has 0 amide bonds. The molecule has 4 rings (SSSR count). The Bertz CT molecular complexity index is 500. The summed E-state index contributed by atoms with van der Waals surface area (Å²) in [4.78, 5) is 0. The van der Waals surface area contributed by atoms with E-state index in [2.05, 4.69) is 19.0 Å². The van der Waals surface area contributed by atoms with Crippen LogP contribution in [0.25, 0.3) is 0 Å². The smallest absolute Gasteiger partial charge is 0.0576 e. The predicted molar refractivity (Wildman–Crippen MR) is 94.7 cm³/mol. The second-order valence-corrected chi connectivity index (χ2v) is 9.82. The minimum Gasteiger partial charge on any atom is -0.411 e. The van der Waals surface area contributed by atoms with Crippen LogP contribution in [0.2, 0.25) is 0 Å². The molecule has 0 radical (unpaired) electrons. The zero-order chi connectivity index (χ0) is 16.2. The summed E-state index contributed by atoms with van der Waals surface area (Å²) < 4.78 is 0. The standard InChI is InChI=1S/C21H35NO/c1-14(22-23)17-9-10-18-16-8-7-15-6-4-5-12-20(15,2)19(16)11-13-21(17,18)3/h15-19,23H,4-13H2,1-3H3/t15-,16+,17-,18+,19+,20+,21-/m1/s1. The molecule has 2 heteroatoms. The van der Waals surface area contributed by atoms with Gasteiger partial charge in [0.2, 0.25) is 0 Å². The van der Waals surface area contributed by atoms with E-state index in [1.54, 1.807) is 0 Å². The van der Waals surface area contributed by atoms with Gasteiger partial charge in [-0.3, -0.25) is 0 Å². The van der Waals surface area contributed by atoms with Gasteiger partial charge in [0, 0.05) is 5.92 Å². The lowest BCUT2D eigenvalue weighted by Crippen LogP contribution is -2.53. The fourth-order valence-electron chi connectivity index (χ4n) is 8.05. The molecule has 23 heavy (non-hydrogen) atoms. The molecule has 4 aliphatic rings. The molecule has 1 N–H and O–H groups in total. The van der Waals surface area contributed by atoms with Gasteiger partial charge in [-0.1, -0.05) is 31.8 Å². The van der Waals surface area contributed by atoms with Crippen LogP contribution in [0.15, 0.2) is 5.16 Å². The lowest BCUT2D eigenvalue weighted by atomic mass is 9.45. The van der Waals surface area contributed by atoms with Crippen LogP contribution in [0.5, 0.6) is 0 Å². The summed E-state index contributed by atoms with van der Waals surface area (Å²) in [5.74, 6) is 4.34. The summed E-state index contributed by atoms with van der Waals surface area (Å²) in [6.07, 6.45) is 14.3. The monoisotopic (exact) mass is 317 g/mol. The third kappa shape index (κ3) is 2.15. The van der Waals surface area contributed by atoms with Crippen LogP contribution in [0.3, 0.4) is 0 Å². The van der Waals surface area contributed by atoms with Gasteiger partial charge in [0.25, 0.3) is 0 Å². The van der Waals surface area contributed by atoms with Gasteiger partial charge in [0.15, 0.2) is 0 Å². The van der Waals surface area contributed by atoms with Crippen LogP contribution in [-0.2, 0) is 0 Å². The van der Waals surface area contributed by atoms with Gasteiger partial charge in [-0.2, -0.15) is 0 Å². The van der Waals surface area contributed by atoms with Crippen LogP contribution in [-0.4, -0.2) is 10.9 Å². The molecule has 4 aliphatic carbocycles. The molecule has 130 valence electrons. The van der Waals surface area contributed by atoms with Gasteiger partial charge in [-0.05, 0) is 92.8 Å².